The maximum Gasteiger partial charge on any atom is 0.268 e. The number of aromatic nitrogens is 3. The van der Waals surface area contributed by atoms with Crippen molar-refractivity contribution in [3.05, 3.63) is 89.4 Å². The fourth-order valence-corrected chi connectivity index (χ4v) is 4.90. The van der Waals surface area contributed by atoms with E-state index < -0.39 is 0 Å². The summed E-state index contributed by atoms with van der Waals surface area (Å²) in [7, 11) is 4.03. The average Bonchev–Trinajstić information content (AvgIpc) is 3.59. The number of carbonyl (C=O) groups is 1. The summed E-state index contributed by atoms with van der Waals surface area (Å²) < 4.78 is 4.00. The second kappa shape index (κ2) is 9.19. The van der Waals surface area contributed by atoms with Gasteiger partial charge in [-0.15, -0.1) is 11.3 Å². The largest absolute Gasteiger partial charge is 0.378 e. The third-order valence-corrected chi connectivity index (χ3v) is 6.81. The summed E-state index contributed by atoms with van der Waals surface area (Å²) in [6.45, 7) is 3.19. The van der Waals surface area contributed by atoms with Crippen molar-refractivity contribution in [2.75, 3.05) is 19.0 Å². The highest BCUT2D eigenvalue weighted by Gasteiger charge is 2.23. The number of rotatable bonds is 7. The molecular weight excluding hydrogens is 442 g/mol. The predicted molar refractivity (Wildman–Crippen MR) is 140 cm³/mol. The Morgan fingerprint density at radius 2 is 1.79 bits per heavy atom. The first-order chi connectivity index (χ1) is 16.6. The molecule has 0 aliphatic rings. The number of amides is 1. The Balaban J connectivity index is 1.53. The molecule has 172 valence electrons. The van der Waals surface area contributed by atoms with Crippen LogP contribution in [0.15, 0.2) is 78.2 Å². The molecule has 1 N–H and O–H groups in total. The summed E-state index contributed by atoms with van der Waals surface area (Å²) in [6.07, 6.45) is 0. The van der Waals surface area contributed by atoms with Crippen LogP contribution in [0.2, 0.25) is 0 Å². The van der Waals surface area contributed by atoms with Gasteiger partial charge in [0.1, 0.15) is 17.0 Å². The molecule has 0 spiro atoms. The van der Waals surface area contributed by atoms with Crippen molar-refractivity contribution in [2.45, 2.75) is 20.0 Å². The molecule has 6 nitrogen and oxygen atoms in total. The number of hydrogen-bond donors (Lipinski definition) is 1. The topological polar surface area (TPSA) is 55.1 Å². The molecular formula is C27H27N5OS. The minimum absolute atomic E-state index is 0.0912. The van der Waals surface area contributed by atoms with Gasteiger partial charge < -0.3 is 14.8 Å². The van der Waals surface area contributed by atoms with Crippen LogP contribution < -0.4 is 10.2 Å². The molecule has 0 bridgehead atoms. The van der Waals surface area contributed by atoms with Crippen molar-refractivity contribution in [2.24, 2.45) is 0 Å². The van der Waals surface area contributed by atoms with Gasteiger partial charge in [0.05, 0.1) is 10.6 Å². The number of nitrogens with zero attached hydrogens (tertiary/aromatic N) is 4. The zero-order valence-electron chi connectivity index (χ0n) is 19.5. The first-order valence-corrected chi connectivity index (χ1v) is 12.2. The van der Waals surface area contributed by atoms with Gasteiger partial charge in [0.15, 0.2) is 0 Å². The molecule has 1 amide bonds. The third kappa shape index (κ3) is 3.99. The van der Waals surface area contributed by atoms with E-state index in [1.807, 2.05) is 73.4 Å². The Morgan fingerprint density at radius 3 is 2.44 bits per heavy atom. The summed E-state index contributed by atoms with van der Waals surface area (Å²) in [4.78, 5) is 16.5. The molecule has 5 aromatic rings. The Hall–Kier alpha value is -3.84. The van der Waals surface area contributed by atoms with E-state index in [4.69, 9.17) is 5.10 Å². The summed E-state index contributed by atoms with van der Waals surface area (Å²) in [5, 5.41) is 11.1. The molecule has 0 saturated carbocycles. The van der Waals surface area contributed by atoms with Gasteiger partial charge >= 0.3 is 0 Å². The zero-order valence-corrected chi connectivity index (χ0v) is 20.3. The van der Waals surface area contributed by atoms with Crippen LogP contribution in [0.4, 0.5) is 5.69 Å². The van der Waals surface area contributed by atoms with Crippen molar-refractivity contribution in [1.29, 1.82) is 0 Å². The first-order valence-electron chi connectivity index (χ1n) is 11.3. The number of fused-ring (bicyclic) bond motifs is 1. The van der Waals surface area contributed by atoms with Gasteiger partial charge in [0.2, 0.25) is 0 Å². The number of hydrogen-bond acceptors (Lipinski definition) is 4. The van der Waals surface area contributed by atoms with E-state index in [0.29, 0.717) is 18.8 Å². The molecule has 34 heavy (non-hydrogen) atoms. The molecule has 5 rings (SSSR count). The maximum atomic E-state index is 13.3. The SMILES string of the molecule is CCn1c(C(=O)NCc2ccc(N(C)C)cc2)cc2c(-c3cccs3)nn(-c3ccccc3)c21. The van der Waals surface area contributed by atoms with E-state index in [0.717, 1.165) is 38.5 Å². The molecule has 0 aliphatic carbocycles. The zero-order chi connectivity index (χ0) is 23.7. The van der Waals surface area contributed by atoms with Crippen molar-refractivity contribution in [3.63, 3.8) is 0 Å². The molecule has 0 aliphatic heterocycles. The van der Waals surface area contributed by atoms with Crippen molar-refractivity contribution < 1.29 is 4.79 Å². The minimum Gasteiger partial charge on any atom is -0.378 e. The minimum atomic E-state index is -0.0912. The molecule has 0 radical (unpaired) electrons. The monoisotopic (exact) mass is 469 g/mol. The van der Waals surface area contributed by atoms with Crippen LogP contribution in [-0.2, 0) is 13.1 Å². The number of nitrogens with one attached hydrogen (secondary N) is 1. The molecule has 2 aromatic carbocycles. The van der Waals surface area contributed by atoms with Gasteiger partial charge in [0.25, 0.3) is 5.91 Å². The van der Waals surface area contributed by atoms with Gasteiger partial charge in [-0.3, -0.25) is 4.79 Å². The summed E-state index contributed by atoms with van der Waals surface area (Å²) >= 11 is 1.65. The number of thiophene rings is 1. The van der Waals surface area contributed by atoms with E-state index >= 15 is 0 Å². The van der Waals surface area contributed by atoms with Crippen LogP contribution in [0.1, 0.15) is 23.0 Å². The molecule has 3 aromatic heterocycles. The van der Waals surface area contributed by atoms with Gasteiger partial charge in [0, 0.05) is 38.3 Å². The van der Waals surface area contributed by atoms with E-state index in [-0.39, 0.29) is 5.91 Å². The number of aryl methyl sites for hydroxylation is 1. The second-order valence-electron chi connectivity index (χ2n) is 8.33. The summed E-state index contributed by atoms with van der Waals surface area (Å²) in [5.74, 6) is -0.0912. The molecule has 0 unspecified atom stereocenters. The Bertz CT molecular complexity index is 1410. The quantitative estimate of drug-likeness (QED) is 0.339. The van der Waals surface area contributed by atoms with Gasteiger partial charge in [-0.1, -0.05) is 36.4 Å². The van der Waals surface area contributed by atoms with Gasteiger partial charge in [-0.2, -0.15) is 5.10 Å². The highest BCUT2D eigenvalue weighted by atomic mass is 32.1. The van der Waals surface area contributed by atoms with Crippen molar-refractivity contribution in [1.82, 2.24) is 19.7 Å². The van der Waals surface area contributed by atoms with E-state index in [1.54, 1.807) is 11.3 Å². The maximum absolute atomic E-state index is 13.3. The van der Waals surface area contributed by atoms with E-state index in [2.05, 4.69) is 45.3 Å². The third-order valence-electron chi connectivity index (χ3n) is 5.93. The van der Waals surface area contributed by atoms with Gasteiger partial charge in [-0.05, 0) is 54.3 Å². The van der Waals surface area contributed by atoms with E-state index in [1.165, 1.54) is 0 Å². The van der Waals surface area contributed by atoms with Crippen LogP contribution in [0, 0.1) is 0 Å². The average molecular weight is 470 g/mol. The van der Waals surface area contributed by atoms with Crippen LogP contribution in [0.3, 0.4) is 0 Å². The van der Waals surface area contributed by atoms with E-state index in [9.17, 15) is 4.79 Å². The lowest BCUT2D eigenvalue weighted by Crippen LogP contribution is -2.25. The molecule has 7 heteroatoms. The fourth-order valence-electron chi connectivity index (χ4n) is 4.18. The van der Waals surface area contributed by atoms with Crippen molar-refractivity contribution in [3.8, 4) is 16.3 Å². The lowest BCUT2D eigenvalue weighted by molar-refractivity contribution is 0.0942. The number of para-hydroxylation sites is 1. The molecule has 0 atom stereocenters. The summed E-state index contributed by atoms with van der Waals surface area (Å²) in [5.41, 5.74) is 5.63. The highest BCUT2D eigenvalue weighted by Crippen LogP contribution is 2.34. The van der Waals surface area contributed by atoms with Gasteiger partial charge in [-0.25, -0.2) is 4.68 Å². The Kier molecular flexibility index (Phi) is 5.94. The number of anilines is 1. The second-order valence-corrected chi connectivity index (χ2v) is 9.28. The van der Waals surface area contributed by atoms with Crippen LogP contribution >= 0.6 is 11.3 Å². The molecule has 0 fully saturated rings. The van der Waals surface area contributed by atoms with Crippen molar-refractivity contribution >= 4 is 34.0 Å². The Labute approximate surface area is 203 Å². The Morgan fingerprint density at radius 1 is 1.03 bits per heavy atom. The number of carbonyl (C=O) groups excluding carboxylic acids is 1. The van der Waals surface area contributed by atoms with Crippen LogP contribution in [-0.4, -0.2) is 34.4 Å². The lowest BCUT2D eigenvalue weighted by Gasteiger charge is -2.13. The first kappa shape index (κ1) is 22.0. The smallest absolute Gasteiger partial charge is 0.268 e. The standard InChI is InChI=1S/C27H27N5OS/c1-4-31-23(26(33)28-18-19-12-14-20(15-13-19)30(2)3)17-22-25(24-11-8-16-34-24)29-32(27(22)31)21-9-6-5-7-10-21/h5-17H,4,18H2,1-3H3,(H,28,33). The predicted octanol–water partition coefficient (Wildman–Crippen LogP) is 5.57. The van der Waals surface area contributed by atoms with Crippen LogP contribution in [0.25, 0.3) is 27.3 Å². The molecule has 0 saturated heterocycles. The summed E-state index contributed by atoms with van der Waals surface area (Å²) in [6, 6.07) is 24.4. The number of benzene rings is 2. The lowest BCUT2D eigenvalue weighted by atomic mass is 10.2. The molecule has 3 heterocycles. The normalized spacial score (nSPS) is 11.1. The highest BCUT2D eigenvalue weighted by molar-refractivity contribution is 7.13. The fraction of sp³-hybridized carbons (Fsp3) is 0.185. The van der Waals surface area contributed by atoms with Crippen LogP contribution in [0.5, 0.6) is 0 Å².